The fourth-order valence-electron chi connectivity index (χ4n) is 4.86. The van der Waals surface area contributed by atoms with Crippen LogP contribution >= 0.6 is 0 Å². The second-order valence-electron chi connectivity index (χ2n) is 10.9. The second-order valence-corrected chi connectivity index (χ2v) is 15.7. The van der Waals surface area contributed by atoms with E-state index in [0.717, 1.165) is 40.8 Å². The maximum atomic E-state index is 10.1. The van der Waals surface area contributed by atoms with Crippen LogP contribution in [0, 0.1) is 5.92 Å². The minimum atomic E-state index is -1.92. The Morgan fingerprint density at radius 1 is 1.15 bits per heavy atom. The Balaban J connectivity index is 1.47. The molecule has 0 radical (unpaired) electrons. The lowest BCUT2D eigenvalue weighted by molar-refractivity contribution is 0.0979. The molecular formula is C26H34N4O2Si. The van der Waals surface area contributed by atoms with Crippen molar-refractivity contribution in [2.75, 3.05) is 6.61 Å². The van der Waals surface area contributed by atoms with E-state index in [-0.39, 0.29) is 29.7 Å². The third-order valence-electron chi connectivity index (χ3n) is 7.78. The van der Waals surface area contributed by atoms with Crippen molar-refractivity contribution in [3.8, 4) is 11.4 Å². The lowest BCUT2D eigenvalue weighted by Crippen LogP contribution is -2.45. The van der Waals surface area contributed by atoms with Crippen molar-refractivity contribution in [3.63, 3.8) is 0 Å². The molecule has 174 valence electrons. The molecule has 5 rings (SSSR count). The largest absolute Gasteiger partial charge is 0.413 e. The number of H-pyrrole nitrogens is 1. The summed E-state index contributed by atoms with van der Waals surface area (Å²) in [6, 6.07) is 12.8. The van der Waals surface area contributed by atoms with E-state index >= 15 is 0 Å². The number of para-hydroxylation sites is 1. The summed E-state index contributed by atoms with van der Waals surface area (Å²) < 4.78 is 9.03. The number of nitrogens with zero attached hydrogens (tertiary/aromatic N) is 3. The van der Waals surface area contributed by atoms with Gasteiger partial charge >= 0.3 is 0 Å². The normalized spacial score (nSPS) is 21.9. The van der Waals surface area contributed by atoms with Crippen LogP contribution in [-0.4, -0.2) is 45.7 Å². The van der Waals surface area contributed by atoms with E-state index in [2.05, 4.69) is 83.8 Å². The number of aromatic amines is 1. The molecule has 2 N–H and O–H groups in total. The van der Waals surface area contributed by atoms with E-state index in [1.54, 1.807) is 6.33 Å². The maximum Gasteiger partial charge on any atom is 0.192 e. The van der Waals surface area contributed by atoms with Gasteiger partial charge in [0, 0.05) is 41.1 Å². The predicted molar refractivity (Wildman–Crippen MR) is 136 cm³/mol. The van der Waals surface area contributed by atoms with E-state index in [1.807, 2.05) is 12.1 Å². The first-order valence-corrected chi connectivity index (χ1v) is 14.8. The molecule has 1 aliphatic carbocycles. The number of hydrogen-bond acceptors (Lipinski definition) is 4. The maximum absolute atomic E-state index is 10.1. The summed E-state index contributed by atoms with van der Waals surface area (Å²) in [7, 11) is -1.92. The number of rotatable bonds is 5. The minimum Gasteiger partial charge on any atom is -0.413 e. The summed E-state index contributed by atoms with van der Waals surface area (Å²) in [6.07, 6.45) is 5.65. The molecule has 3 aromatic heterocycles. The van der Waals surface area contributed by atoms with E-state index in [0.29, 0.717) is 0 Å². The van der Waals surface area contributed by atoms with Crippen molar-refractivity contribution in [2.45, 2.75) is 63.9 Å². The van der Waals surface area contributed by atoms with Crippen molar-refractivity contribution in [3.05, 3.63) is 48.9 Å². The highest BCUT2D eigenvalue weighted by molar-refractivity contribution is 6.74. The summed E-state index contributed by atoms with van der Waals surface area (Å²) in [5.41, 5.74) is 3.96. The number of aliphatic hydroxyl groups is 1. The van der Waals surface area contributed by atoms with Gasteiger partial charge in [0.25, 0.3) is 0 Å². The fourth-order valence-corrected chi connectivity index (χ4v) is 6.26. The molecule has 0 saturated heterocycles. The third kappa shape index (κ3) is 3.92. The standard InChI is InChI=1S/C26H34N4O2Si/c1-26(2,3)33(4,5)32-23-14-19(12-18(23)15-31)30-11-10-20-24(27-16-28-25(20)30)22-13-17-8-6-7-9-21(17)29-22/h6-11,13,16,18-19,23,29,31H,12,14-15H2,1-5H3/t18-,19+,23+/m0/s1. The third-order valence-corrected chi connectivity index (χ3v) is 12.3. The quantitative estimate of drug-likeness (QED) is 0.361. The van der Waals surface area contributed by atoms with Crippen molar-refractivity contribution in [1.82, 2.24) is 19.5 Å². The van der Waals surface area contributed by atoms with Crippen LogP contribution in [0.15, 0.2) is 48.9 Å². The molecule has 6 nitrogen and oxygen atoms in total. The van der Waals surface area contributed by atoms with Gasteiger partial charge in [-0.05, 0) is 49.2 Å². The lowest BCUT2D eigenvalue weighted by atomic mass is 10.1. The molecular weight excluding hydrogens is 428 g/mol. The molecule has 3 atom stereocenters. The van der Waals surface area contributed by atoms with Crippen LogP contribution in [0.2, 0.25) is 18.1 Å². The molecule has 0 unspecified atom stereocenters. The van der Waals surface area contributed by atoms with Gasteiger partial charge in [0.15, 0.2) is 8.32 Å². The zero-order chi connectivity index (χ0) is 23.4. The Bertz CT molecular complexity index is 1250. The summed E-state index contributed by atoms with van der Waals surface area (Å²) in [5.74, 6) is 0.150. The highest BCUT2D eigenvalue weighted by Gasteiger charge is 2.44. The predicted octanol–water partition coefficient (Wildman–Crippen LogP) is 5.91. The minimum absolute atomic E-state index is 0.0772. The summed E-state index contributed by atoms with van der Waals surface area (Å²) in [4.78, 5) is 12.8. The number of hydrogen-bond donors (Lipinski definition) is 2. The smallest absolute Gasteiger partial charge is 0.192 e. The van der Waals surface area contributed by atoms with Crippen molar-refractivity contribution >= 4 is 30.3 Å². The Morgan fingerprint density at radius 2 is 1.94 bits per heavy atom. The van der Waals surface area contributed by atoms with Crippen LogP contribution in [0.1, 0.15) is 39.7 Å². The van der Waals surface area contributed by atoms with E-state index < -0.39 is 8.32 Å². The lowest BCUT2D eigenvalue weighted by Gasteiger charge is -2.39. The van der Waals surface area contributed by atoms with Gasteiger partial charge in [-0.25, -0.2) is 9.97 Å². The zero-order valence-corrected chi connectivity index (χ0v) is 21.2. The first kappa shape index (κ1) is 22.3. The van der Waals surface area contributed by atoms with E-state index in [4.69, 9.17) is 4.43 Å². The molecule has 0 spiro atoms. The first-order chi connectivity index (χ1) is 15.7. The van der Waals surface area contributed by atoms with Crippen LogP contribution in [0.4, 0.5) is 0 Å². The van der Waals surface area contributed by atoms with Crippen LogP contribution in [0.3, 0.4) is 0 Å². The average molecular weight is 463 g/mol. The van der Waals surface area contributed by atoms with Gasteiger partial charge in [0.2, 0.25) is 0 Å². The molecule has 33 heavy (non-hydrogen) atoms. The van der Waals surface area contributed by atoms with Crippen molar-refractivity contribution < 1.29 is 9.53 Å². The van der Waals surface area contributed by atoms with Gasteiger partial charge in [0.05, 0.1) is 17.5 Å². The average Bonchev–Trinajstić information content (AvgIpc) is 3.48. The monoisotopic (exact) mass is 462 g/mol. The molecule has 0 amide bonds. The van der Waals surface area contributed by atoms with Crippen molar-refractivity contribution in [2.24, 2.45) is 5.92 Å². The highest BCUT2D eigenvalue weighted by Crippen LogP contribution is 2.44. The number of aliphatic hydroxyl groups excluding tert-OH is 1. The number of fused-ring (bicyclic) bond motifs is 2. The molecule has 4 aromatic rings. The van der Waals surface area contributed by atoms with Crippen LogP contribution < -0.4 is 0 Å². The summed E-state index contributed by atoms with van der Waals surface area (Å²) in [5, 5.41) is 12.5. The fraction of sp³-hybridized carbons (Fsp3) is 0.462. The molecule has 3 heterocycles. The van der Waals surface area contributed by atoms with Gasteiger partial charge in [-0.15, -0.1) is 0 Å². The number of aromatic nitrogens is 4. The highest BCUT2D eigenvalue weighted by atomic mass is 28.4. The Morgan fingerprint density at radius 3 is 2.67 bits per heavy atom. The molecule has 0 aliphatic heterocycles. The van der Waals surface area contributed by atoms with Gasteiger partial charge in [-0.3, -0.25) is 0 Å². The van der Waals surface area contributed by atoms with Crippen LogP contribution in [0.5, 0.6) is 0 Å². The van der Waals surface area contributed by atoms with Gasteiger partial charge in [-0.2, -0.15) is 0 Å². The van der Waals surface area contributed by atoms with Gasteiger partial charge in [0.1, 0.15) is 12.0 Å². The summed E-state index contributed by atoms with van der Waals surface area (Å²) in [6.45, 7) is 11.5. The molecule has 7 heteroatoms. The Labute approximate surface area is 196 Å². The molecule has 1 fully saturated rings. The Kier molecular flexibility index (Phi) is 5.46. The van der Waals surface area contributed by atoms with Crippen molar-refractivity contribution in [1.29, 1.82) is 0 Å². The molecule has 1 saturated carbocycles. The van der Waals surface area contributed by atoms with E-state index in [9.17, 15) is 5.11 Å². The number of benzene rings is 1. The number of nitrogens with one attached hydrogen (secondary N) is 1. The topological polar surface area (TPSA) is 76.0 Å². The molecule has 1 aliphatic rings. The van der Waals surface area contributed by atoms with E-state index in [1.165, 1.54) is 5.39 Å². The Hall–Kier alpha value is -2.48. The van der Waals surface area contributed by atoms with Gasteiger partial charge in [-0.1, -0.05) is 39.0 Å². The first-order valence-electron chi connectivity index (χ1n) is 11.9. The SMILES string of the molecule is CC(C)(C)[Si](C)(C)O[C@@H]1C[C@H](n2ccc3c(-c4cc5ccccc5[nH]4)ncnc32)C[C@H]1CO. The van der Waals surface area contributed by atoms with Crippen LogP contribution in [-0.2, 0) is 4.43 Å². The molecule has 1 aromatic carbocycles. The second kappa shape index (κ2) is 8.08. The zero-order valence-electron chi connectivity index (χ0n) is 20.2. The van der Waals surface area contributed by atoms with Gasteiger partial charge < -0.3 is 19.1 Å². The molecule has 0 bridgehead atoms. The summed E-state index contributed by atoms with van der Waals surface area (Å²) >= 11 is 0. The van der Waals surface area contributed by atoms with Crippen LogP contribution in [0.25, 0.3) is 33.3 Å².